The van der Waals surface area contributed by atoms with Gasteiger partial charge in [0, 0.05) is 36.0 Å². The highest BCUT2D eigenvalue weighted by Crippen LogP contribution is 2.21. The minimum atomic E-state index is -0.538. The zero-order chi connectivity index (χ0) is 21.7. The molecular formula is C22H27ClN4O3. The molecule has 0 bridgehead atoms. The average molecular weight is 431 g/mol. The number of anilines is 2. The van der Waals surface area contributed by atoms with Crippen molar-refractivity contribution in [3.63, 3.8) is 0 Å². The molecule has 0 spiro atoms. The first-order chi connectivity index (χ1) is 14.2. The molecule has 1 saturated heterocycles. The van der Waals surface area contributed by atoms with Gasteiger partial charge in [0.2, 0.25) is 0 Å². The summed E-state index contributed by atoms with van der Waals surface area (Å²) in [7, 11) is 0. The Morgan fingerprint density at radius 1 is 1.23 bits per heavy atom. The maximum Gasteiger partial charge on any atom is 0.410 e. The fourth-order valence-corrected chi connectivity index (χ4v) is 3.44. The monoisotopic (exact) mass is 430 g/mol. The second kappa shape index (κ2) is 9.34. The number of pyridine rings is 1. The molecule has 0 saturated carbocycles. The van der Waals surface area contributed by atoms with Crippen LogP contribution in [-0.2, 0) is 4.74 Å². The van der Waals surface area contributed by atoms with Crippen LogP contribution >= 0.6 is 11.6 Å². The van der Waals surface area contributed by atoms with Crippen molar-refractivity contribution in [1.82, 2.24) is 9.88 Å². The summed E-state index contributed by atoms with van der Waals surface area (Å²) in [4.78, 5) is 31.2. The lowest BCUT2D eigenvalue weighted by atomic mass is 10.1. The lowest BCUT2D eigenvalue weighted by molar-refractivity contribution is 0.0206. The SMILES string of the molecule is CC(C)(C)OC(=O)N1CCC[C@H](Nc2ncccc2C(=O)Nc2cccc(Cl)c2)C1. The van der Waals surface area contributed by atoms with Crippen LogP contribution in [0.2, 0.25) is 5.02 Å². The van der Waals surface area contributed by atoms with Crippen molar-refractivity contribution in [2.45, 2.75) is 45.3 Å². The zero-order valence-electron chi connectivity index (χ0n) is 17.4. The second-order valence-corrected chi connectivity index (χ2v) is 8.71. The predicted molar refractivity (Wildman–Crippen MR) is 118 cm³/mol. The van der Waals surface area contributed by atoms with Gasteiger partial charge in [0.15, 0.2) is 0 Å². The van der Waals surface area contributed by atoms with Crippen molar-refractivity contribution in [2.75, 3.05) is 23.7 Å². The van der Waals surface area contributed by atoms with E-state index in [0.29, 0.717) is 35.2 Å². The van der Waals surface area contributed by atoms with E-state index >= 15 is 0 Å². The van der Waals surface area contributed by atoms with Gasteiger partial charge in [-0.25, -0.2) is 9.78 Å². The summed E-state index contributed by atoms with van der Waals surface area (Å²) >= 11 is 6.00. The molecule has 7 nitrogen and oxygen atoms in total. The second-order valence-electron chi connectivity index (χ2n) is 8.27. The molecule has 160 valence electrons. The Balaban J connectivity index is 1.68. The Bertz CT molecular complexity index is 913. The molecule has 1 fully saturated rings. The Labute approximate surface area is 181 Å². The molecule has 2 amide bonds. The Morgan fingerprint density at radius 2 is 2.03 bits per heavy atom. The fraction of sp³-hybridized carbons (Fsp3) is 0.409. The number of halogens is 1. The van der Waals surface area contributed by atoms with E-state index in [1.165, 1.54) is 0 Å². The van der Waals surface area contributed by atoms with Crippen molar-refractivity contribution >= 4 is 35.1 Å². The van der Waals surface area contributed by atoms with Gasteiger partial charge in [-0.3, -0.25) is 4.79 Å². The van der Waals surface area contributed by atoms with Crippen molar-refractivity contribution in [3.05, 3.63) is 53.2 Å². The highest BCUT2D eigenvalue weighted by molar-refractivity contribution is 6.31. The molecule has 2 aromatic rings. The third-order valence-electron chi connectivity index (χ3n) is 4.55. The number of aromatic nitrogens is 1. The molecule has 1 aliphatic rings. The van der Waals surface area contributed by atoms with Crippen LogP contribution in [0.5, 0.6) is 0 Å². The number of nitrogens with zero attached hydrogens (tertiary/aromatic N) is 2. The van der Waals surface area contributed by atoms with Crippen LogP contribution in [0.15, 0.2) is 42.6 Å². The highest BCUT2D eigenvalue weighted by Gasteiger charge is 2.28. The van der Waals surface area contributed by atoms with Gasteiger partial charge in [-0.05, 0) is 63.9 Å². The minimum Gasteiger partial charge on any atom is -0.444 e. The van der Waals surface area contributed by atoms with Crippen molar-refractivity contribution in [1.29, 1.82) is 0 Å². The standard InChI is InChI=1S/C22H27ClN4O3/c1-22(2,3)30-21(29)27-12-6-9-17(14-27)25-19-18(10-5-11-24-19)20(28)26-16-8-4-7-15(23)13-16/h4-5,7-8,10-11,13,17H,6,9,12,14H2,1-3H3,(H,24,25)(H,26,28)/t17-/m0/s1. The Hall–Kier alpha value is -2.80. The van der Waals surface area contributed by atoms with Crippen LogP contribution in [0.1, 0.15) is 44.0 Å². The lowest BCUT2D eigenvalue weighted by Gasteiger charge is -2.34. The van der Waals surface area contributed by atoms with Crippen molar-refractivity contribution < 1.29 is 14.3 Å². The van der Waals surface area contributed by atoms with E-state index in [2.05, 4.69) is 15.6 Å². The molecule has 0 radical (unpaired) electrons. The van der Waals surface area contributed by atoms with Crippen molar-refractivity contribution in [3.8, 4) is 0 Å². The summed E-state index contributed by atoms with van der Waals surface area (Å²) in [5.41, 5.74) is 0.493. The van der Waals surface area contributed by atoms with E-state index in [1.54, 1.807) is 47.5 Å². The smallest absolute Gasteiger partial charge is 0.410 e. The van der Waals surface area contributed by atoms with Gasteiger partial charge in [0.25, 0.3) is 5.91 Å². The number of nitrogens with one attached hydrogen (secondary N) is 2. The number of rotatable bonds is 4. The van der Waals surface area contributed by atoms with Crippen LogP contribution in [0, 0.1) is 0 Å². The number of hydrogen-bond acceptors (Lipinski definition) is 5. The van der Waals surface area contributed by atoms with E-state index < -0.39 is 5.60 Å². The summed E-state index contributed by atoms with van der Waals surface area (Å²) in [6.07, 6.45) is 3.01. The van der Waals surface area contributed by atoms with Gasteiger partial charge in [-0.15, -0.1) is 0 Å². The molecule has 0 unspecified atom stereocenters. The number of hydrogen-bond donors (Lipinski definition) is 2. The molecule has 0 aliphatic carbocycles. The third-order valence-corrected chi connectivity index (χ3v) is 4.78. The van der Waals surface area contributed by atoms with E-state index in [9.17, 15) is 9.59 Å². The fourth-order valence-electron chi connectivity index (χ4n) is 3.25. The predicted octanol–water partition coefficient (Wildman–Crippen LogP) is 4.80. The number of carbonyl (C=O) groups excluding carboxylic acids is 2. The van der Waals surface area contributed by atoms with E-state index in [0.717, 1.165) is 12.8 Å². The summed E-state index contributed by atoms with van der Waals surface area (Å²) in [5.74, 6) is 0.195. The lowest BCUT2D eigenvalue weighted by Crippen LogP contribution is -2.47. The number of likely N-dealkylation sites (tertiary alicyclic amines) is 1. The largest absolute Gasteiger partial charge is 0.444 e. The van der Waals surface area contributed by atoms with E-state index in [-0.39, 0.29) is 18.0 Å². The van der Waals surface area contributed by atoms with Crippen LogP contribution < -0.4 is 10.6 Å². The van der Waals surface area contributed by atoms with Crippen LogP contribution in [0.25, 0.3) is 0 Å². The van der Waals surface area contributed by atoms with Gasteiger partial charge in [0.05, 0.1) is 5.56 Å². The minimum absolute atomic E-state index is 0.0288. The number of carbonyl (C=O) groups is 2. The molecule has 30 heavy (non-hydrogen) atoms. The first kappa shape index (κ1) is 21.9. The van der Waals surface area contributed by atoms with Gasteiger partial charge in [-0.2, -0.15) is 0 Å². The molecule has 2 heterocycles. The van der Waals surface area contributed by atoms with Gasteiger partial charge >= 0.3 is 6.09 Å². The van der Waals surface area contributed by atoms with Crippen molar-refractivity contribution in [2.24, 2.45) is 0 Å². The third kappa shape index (κ3) is 6.10. The molecule has 3 rings (SSSR count). The zero-order valence-corrected chi connectivity index (χ0v) is 18.2. The maximum atomic E-state index is 12.8. The van der Waals surface area contributed by atoms with E-state index in [4.69, 9.17) is 16.3 Å². The van der Waals surface area contributed by atoms with Crippen LogP contribution in [-0.4, -0.2) is 46.6 Å². The topological polar surface area (TPSA) is 83.6 Å². The molecule has 1 aromatic carbocycles. The van der Waals surface area contributed by atoms with E-state index in [1.807, 2.05) is 20.8 Å². The highest BCUT2D eigenvalue weighted by atomic mass is 35.5. The maximum absolute atomic E-state index is 12.8. The molecule has 2 N–H and O–H groups in total. The van der Waals surface area contributed by atoms with Gasteiger partial charge < -0.3 is 20.3 Å². The first-order valence-corrected chi connectivity index (χ1v) is 10.4. The summed E-state index contributed by atoms with van der Waals surface area (Å²) in [6, 6.07) is 10.4. The first-order valence-electron chi connectivity index (χ1n) is 9.98. The van der Waals surface area contributed by atoms with Gasteiger partial charge in [-0.1, -0.05) is 17.7 Å². The number of piperidine rings is 1. The molecule has 8 heteroatoms. The number of amides is 2. The number of benzene rings is 1. The summed E-state index contributed by atoms with van der Waals surface area (Å²) < 4.78 is 5.48. The summed E-state index contributed by atoms with van der Waals surface area (Å²) in [5, 5.41) is 6.71. The quantitative estimate of drug-likeness (QED) is 0.727. The normalized spacial score (nSPS) is 16.7. The summed E-state index contributed by atoms with van der Waals surface area (Å²) in [6.45, 7) is 6.69. The van der Waals surface area contributed by atoms with Gasteiger partial charge in [0.1, 0.15) is 11.4 Å². The van der Waals surface area contributed by atoms with Crippen LogP contribution in [0.3, 0.4) is 0 Å². The molecule has 1 aliphatic heterocycles. The Kier molecular flexibility index (Phi) is 6.82. The molecular weight excluding hydrogens is 404 g/mol. The molecule has 1 aromatic heterocycles. The average Bonchev–Trinajstić information content (AvgIpc) is 2.67. The van der Waals surface area contributed by atoms with Crippen LogP contribution in [0.4, 0.5) is 16.3 Å². The number of ether oxygens (including phenoxy) is 1. The Morgan fingerprint density at radius 3 is 2.77 bits per heavy atom. The molecule has 1 atom stereocenters.